The van der Waals surface area contributed by atoms with E-state index in [1.165, 1.54) is 22.7 Å². The third-order valence-electron chi connectivity index (χ3n) is 6.91. The highest BCUT2D eigenvalue weighted by atomic mass is 32.1. The number of carbonyl (C=O) groups excluding carboxylic acids is 2. The van der Waals surface area contributed by atoms with Crippen LogP contribution in [0.15, 0.2) is 60.0 Å². The fourth-order valence-electron chi connectivity index (χ4n) is 4.98. The van der Waals surface area contributed by atoms with Gasteiger partial charge in [-0.2, -0.15) is 0 Å². The number of anilines is 1. The van der Waals surface area contributed by atoms with E-state index in [1.54, 1.807) is 44.6 Å². The van der Waals surface area contributed by atoms with E-state index in [9.17, 15) is 9.59 Å². The second-order valence-corrected chi connectivity index (χ2v) is 10.4. The summed E-state index contributed by atoms with van der Waals surface area (Å²) in [5, 5.41) is 5.13. The average molecular weight is 537 g/mol. The first-order valence-corrected chi connectivity index (χ1v) is 13.7. The molecule has 38 heavy (non-hydrogen) atoms. The Balaban J connectivity index is 1.56. The van der Waals surface area contributed by atoms with Crippen LogP contribution in [-0.4, -0.2) is 44.8 Å². The molecule has 2 aromatic carbocycles. The van der Waals surface area contributed by atoms with Crippen molar-refractivity contribution in [1.29, 1.82) is 0 Å². The van der Waals surface area contributed by atoms with Crippen LogP contribution in [0, 0.1) is 0 Å². The third kappa shape index (κ3) is 5.57. The highest BCUT2D eigenvalue weighted by Crippen LogP contribution is 2.38. The zero-order valence-corrected chi connectivity index (χ0v) is 22.4. The van der Waals surface area contributed by atoms with Crippen molar-refractivity contribution < 1.29 is 28.5 Å². The number of carbonyl (C=O) groups is 2. The molecule has 1 aromatic heterocycles. The number of hydrogen-bond donors (Lipinski definition) is 1. The molecule has 1 aliphatic carbocycles. The number of thiophene rings is 1. The molecule has 200 valence electrons. The molecule has 2 atom stereocenters. The number of para-hydroxylation sites is 2. The Labute approximate surface area is 226 Å². The van der Waals surface area contributed by atoms with Crippen molar-refractivity contribution in [2.75, 3.05) is 25.7 Å². The minimum atomic E-state index is -0.952. The number of rotatable bonds is 8. The Morgan fingerprint density at radius 3 is 2.34 bits per heavy atom. The van der Waals surface area contributed by atoms with Gasteiger partial charge in [0.1, 0.15) is 24.1 Å². The number of benzene rings is 2. The van der Waals surface area contributed by atoms with Crippen LogP contribution >= 0.6 is 11.3 Å². The lowest BCUT2D eigenvalue weighted by Gasteiger charge is -2.36. The van der Waals surface area contributed by atoms with E-state index >= 15 is 0 Å². The average Bonchev–Trinajstić information content (AvgIpc) is 3.49. The van der Waals surface area contributed by atoms with Crippen LogP contribution in [0.1, 0.15) is 43.0 Å². The first-order chi connectivity index (χ1) is 18.6. The van der Waals surface area contributed by atoms with Gasteiger partial charge in [0.2, 0.25) is 12.0 Å². The first-order valence-electron chi connectivity index (χ1n) is 12.9. The topological polar surface area (TPSA) is 86.3 Å². The van der Waals surface area contributed by atoms with E-state index < -0.39 is 18.1 Å². The molecule has 1 aliphatic heterocycles. The van der Waals surface area contributed by atoms with Crippen LogP contribution in [-0.2, 0) is 9.59 Å². The predicted octanol–water partition coefficient (Wildman–Crippen LogP) is 5.13. The molecule has 1 fully saturated rings. The molecular formula is C29H32N2O6S. The molecule has 8 nitrogen and oxygen atoms in total. The molecule has 0 radical (unpaired) electrons. The summed E-state index contributed by atoms with van der Waals surface area (Å²) in [6.07, 6.45) is 4.25. The Morgan fingerprint density at radius 1 is 0.974 bits per heavy atom. The number of fused-ring (bicyclic) bond motifs is 1. The lowest BCUT2D eigenvalue weighted by atomic mass is 9.95. The van der Waals surface area contributed by atoms with Gasteiger partial charge in [0.05, 0.1) is 19.9 Å². The third-order valence-corrected chi connectivity index (χ3v) is 7.83. The minimum absolute atomic E-state index is 0.0227. The lowest BCUT2D eigenvalue weighted by molar-refractivity contribution is -0.132. The van der Waals surface area contributed by atoms with Crippen LogP contribution in [0.4, 0.5) is 5.69 Å². The molecule has 2 aliphatic rings. The summed E-state index contributed by atoms with van der Waals surface area (Å²) in [4.78, 5) is 30.5. The fraction of sp³-hybridized carbons (Fsp3) is 0.379. The number of hydrogen-bond acceptors (Lipinski definition) is 7. The van der Waals surface area contributed by atoms with Crippen LogP contribution < -0.4 is 29.2 Å². The Kier molecular flexibility index (Phi) is 8.03. The molecular weight excluding hydrogens is 504 g/mol. The predicted molar refractivity (Wildman–Crippen MR) is 145 cm³/mol. The number of methoxy groups -OCH3 is 2. The zero-order chi connectivity index (χ0) is 26.5. The van der Waals surface area contributed by atoms with E-state index in [4.69, 9.17) is 18.9 Å². The molecule has 2 amide bonds. The van der Waals surface area contributed by atoms with Crippen molar-refractivity contribution in [2.45, 2.75) is 50.3 Å². The van der Waals surface area contributed by atoms with Gasteiger partial charge in [-0.1, -0.05) is 37.5 Å². The van der Waals surface area contributed by atoms with E-state index in [2.05, 4.69) is 5.32 Å². The van der Waals surface area contributed by atoms with Crippen LogP contribution in [0.3, 0.4) is 0 Å². The van der Waals surface area contributed by atoms with Gasteiger partial charge in [-0.05, 0) is 36.4 Å². The van der Waals surface area contributed by atoms with Crippen molar-refractivity contribution in [2.24, 2.45) is 0 Å². The monoisotopic (exact) mass is 536 g/mol. The molecule has 5 rings (SSSR count). The van der Waals surface area contributed by atoms with Crippen LogP contribution in [0.25, 0.3) is 0 Å². The SMILES string of the molecule is COc1cc(OC)cc(N(C(=O)[C@H]2COc3ccccc3O2)[C@H](C(=O)NC2CCCCC2)c2cccs2)c1. The summed E-state index contributed by atoms with van der Waals surface area (Å²) in [6.45, 7) is 0.0227. The minimum Gasteiger partial charge on any atom is -0.497 e. The number of ether oxygens (including phenoxy) is 4. The second kappa shape index (κ2) is 11.8. The smallest absolute Gasteiger partial charge is 0.272 e. The van der Waals surface area contributed by atoms with Crippen molar-refractivity contribution in [3.05, 3.63) is 64.9 Å². The number of nitrogens with one attached hydrogen (secondary N) is 1. The summed E-state index contributed by atoms with van der Waals surface area (Å²) >= 11 is 1.43. The maximum atomic E-state index is 14.3. The number of amides is 2. The highest BCUT2D eigenvalue weighted by Gasteiger charge is 2.40. The van der Waals surface area contributed by atoms with Crippen molar-refractivity contribution >= 4 is 28.8 Å². The molecule has 3 aromatic rings. The normalized spacial score (nSPS) is 17.8. The zero-order valence-electron chi connectivity index (χ0n) is 21.6. The summed E-state index contributed by atoms with van der Waals surface area (Å²) in [6, 6.07) is 15.3. The standard InChI is InChI=1S/C29H32N2O6S/c1-34-21-15-20(16-22(17-21)35-2)31(29(33)25-18-36-23-11-6-7-12-24(23)37-25)27(26-13-8-14-38-26)28(32)30-19-9-4-3-5-10-19/h6-8,11-17,19,25,27H,3-5,9-10,18H2,1-2H3,(H,30,32)/t25-,27+/m1/s1. The van der Waals surface area contributed by atoms with E-state index in [0.29, 0.717) is 28.7 Å². The molecule has 2 heterocycles. The Bertz CT molecular complexity index is 1240. The molecule has 0 saturated heterocycles. The second-order valence-electron chi connectivity index (χ2n) is 9.40. The van der Waals surface area contributed by atoms with Gasteiger partial charge in [0.25, 0.3) is 5.91 Å². The summed E-state index contributed by atoms with van der Waals surface area (Å²) < 4.78 is 23.0. The van der Waals surface area contributed by atoms with E-state index in [1.807, 2.05) is 29.6 Å². The van der Waals surface area contributed by atoms with Crippen molar-refractivity contribution in [3.63, 3.8) is 0 Å². The van der Waals surface area contributed by atoms with Gasteiger partial charge in [0.15, 0.2) is 11.5 Å². The summed E-state index contributed by atoms with van der Waals surface area (Å²) in [7, 11) is 3.10. The van der Waals surface area contributed by atoms with Gasteiger partial charge in [-0.3, -0.25) is 14.5 Å². The molecule has 1 N–H and O–H groups in total. The maximum absolute atomic E-state index is 14.3. The summed E-state index contributed by atoms with van der Waals surface area (Å²) in [5.74, 6) is 1.44. The lowest BCUT2D eigenvalue weighted by Crippen LogP contribution is -2.52. The summed E-state index contributed by atoms with van der Waals surface area (Å²) in [5.41, 5.74) is 0.464. The van der Waals surface area contributed by atoms with Crippen molar-refractivity contribution in [1.82, 2.24) is 5.32 Å². The fourth-order valence-corrected chi connectivity index (χ4v) is 5.79. The highest BCUT2D eigenvalue weighted by molar-refractivity contribution is 7.10. The Morgan fingerprint density at radius 2 is 1.68 bits per heavy atom. The van der Waals surface area contributed by atoms with Crippen molar-refractivity contribution in [3.8, 4) is 23.0 Å². The largest absolute Gasteiger partial charge is 0.497 e. The Hall–Kier alpha value is -3.72. The number of nitrogens with zero attached hydrogens (tertiary/aromatic N) is 1. The maximum Gasteiger partial charge on any atom is 0.272 e. The molecule has 0 spiro atoms. The van der Waals surface area contributed by atoms with E-state index in [0.717, 1.165) is 30.6 Å². The van der Waals surface area contributed by atoms with E-state index in [-0.39, 0.29) is 18.6 Å². The molecule has 9 heteroatoms. The molecule has 0 bridgehead atoms. The van der Waals surface area contributed by atoms with Gasteiger partial charge >= 0.3 is 0 Å². The van der Waals surface area contributed by atoms with Gasteiger partial charge in [-0.25, -0.2) is 0 Å². The van der Waals surface area contributed by atoms with Gasteiger partial charge in [-0.15, -0.1) is 11.3 Å². The molecule has 0 unspecified atom stereocenters. The first kappa shape index (κ1) is 25.9. The van der Waals surface area contributed by atoms with Gasteiger partial charge in [0, 0.05) is 29.1 Å². The molecule has 1 saturated carbocycles. The van der Waals surface area contributed by atoms with Crippen LogP contribution in [0.5, 0.6) is 23.0 Å². The van der Waals surface area contributed by atoms with Gasteiger partial charge < -0.3 is 24.3 Å². The quantitative estimate of drug-likeness (QED) is 0.430. The van der Waals surface area contributed by atoms with Crippen LogP contribution in [0.2, 0.25) is 0 Å².